The van der Waals surface area contributed by atoms with Crippen molar-refractivity contribution in [2.24, 2.45) is 5.92 Å². The van der Waals surface area contributed by atoms with Crippen LogP contribution >= 0.6 is 0 Å². The number of likely N-dealkylation sites (tertiary alicyclic amines) is 1. The van der Waals surface area contributed by atoms with Crippen LogP contribution < -0.4 is 5.32 Å². The average molecular weight is 302 g/mol. The third-order valence-corrected chi connectivity index (χ3v) is 4.16. The van der Waals surface area contributed by atoms with Crippen LogP contribution in [0.5, 0.6) is 0 Å². The van der Waals surface area contributed by atoms with E-state index in [2.05, 4.69) is 15.3 Å². The van der Waals surface area contributed by atoms with Crippen LogP contribution in [0.4, 0.5) is 4.39 Å². The summed E-state index contributed by atoms with van der Waals surface area (Å²) in [7, 11) is 1.94. The number of aromatic nitrogens is 2. The zero-order valence-electron chi connectivity index (χ0n) is 12.6. The standard InChI is InChI=1S/C16H19FN4O/c1-18-10-11-2-6-21(7-3-11)16(22)13-8-12(17)9-14-15(13)20-5-4-19-14/h4-5,8-9,11,18H,2-3,6-7,10H2,1H3. The molecule has 1 aromatic carbocycles. The Balaban J connectivity index is 1.84. The molecule has 0 bridgehead atoms. The largest absolute Gasteiger partial charge is 0.339 e. The average Bonchev–Trinajstić information content (AvgIpc) is 2.54. The van der Waals surface area contributed by atoms with E-state index in [0.29, 0.717) is 35.6 Å². The van der Waals surface area contributed by atoms with Crippen molar-refractivity contribution in [3.05, 3.63) is 35.9 Å². The van der Waals surface area contributed by atoms with Crippen LogP contribution in [0.1, 0.15) is 23.2 Å². The van der Waals surface area contributed by atoms with Gasteiger partial charge in [0.25, 0.3) is 5.91 Å². The molecule has 2 aromatic rings. The van der Waals surface area contributed by atoms with Crippen LogP contribution in [0.25, 0.3) is 11.0 Å². The molecular weight excluding hydrogens is 283 g/mol. The molecule has 1 N–H and O–H groups in total. The van der Waals surface area contributed by atoms with E-state index in [4.69, 9.17) is 0 Å². The van der Waals surface area contributed by atoms with Gasteiger partial charge in [0.2, 0.25) is 0 Å². The van der Waals surface area contributed by atoms with Gasteiger partial charge >= 0.3 is 0 Å². The van der Waals surface area contributed by atoms with Crippen LogP contribution in [0.15, 0.2) is 24.5 Å². The van der Waals surface area contributed by atoms with E-state index in [9.17, 15) is 9.18 Å². The Morgan fingerprint density at radius 2 is 2.05 bits per heavy atom. The zero-order valence-corrected chi connectivity index (χ0v) is 12.6. The summed E-state index contributed by atoms with van der Waals surface area (Å²) in [6, 6.07) is 2.57. The monoisotopic (exact) mass is 302 g/mol. The van der Waals surface area contributed by atoms with Gasteiger partial charge in [-0.25, -0.2) is 4.39 Å². The predicted octanol–water partition coefficient (Wildman–Crippen LogP) is 1.84. The summed E-state index contributed by atoms with van der Waals surface area (Å²) < 4.78 is 13.7. The minimum atomic E-state index is -0.457. The van der Waals surface area contributed by atoms with Crippen LogP contribution in [0.2, 0.25) is 0 Å². The number of hydrogen-bond acceptors (Lipinski definition) is 4. The number of carbonyl (C=O) groups is 1. The van der Waals surface area contributed by atoms with Gasteiger partial charge in [0.15, 0.2) is 0 Å². The number of piperidine rings is 1. The summed E-state index contributed by atoms with van der Waals surface area (Å²) in [6.45, 7) is 2.36. The molecule has 0 radical (unpaired) electrons. The highest BCUT2D eigenvalue weighted by Crippen LogP contribution is 2.22. The van der Waals surface area contributed by atoms with Gasteiger partial charge in [-0.15, -0.1) is 0 Å². The Hall–Kier alpha value is -2.08. The molecule has 1 amide bonds. The maximum atomic E-state index is 13.7. The van der Waals surface area contributed by atoms with E-state index in [1.807, 2.05) is 7.05 Å². The molecular formula is C16H19FN4O. The highest BCUT2D eigenvalue weighted by Gasteiger charge is 2.25. The van der Waals surface area contributed by atoms with Crippen molar-refractivity contribution in [3.8, 4) is 0 Å². The lowest BCUT2D eigenvalue weighted by Crippen LogP contribution is -2.40. The maximum Gasteiger partial charge on any atom is 0.256 e. The summed E-state index contributed by atoms with van der Waals surface area (Å²) in [5, 5.41) is 3.17. The lowest BCUT2D eigenvalue weighted by molar-refractivity contribution is 0.0692. The van der Waals surface area contributed by atoms with Crippen LogP contribution in [-0.2, 0) is 0 Å². The van der Waals surface area contributed by atoms with E-state index in [0.717, 1.165) is 19.4 Å². The number of carbonyl (C=O) groups excluding carboxylic acids is 1. The highest BCUT2D eigenvalue weighted by molar-refractivity contribution is 6.04. The van der Waals surface area contributed by atoms with Gasteiger partial charge in [-0.2, -0.15) is 0 Å². The first-order valence-corrected chi connectivity index (χ1v) is 7.53. The smallest absolute Gasteiger partial charge is 0.256 e. The Morgan fingerprint density at radius 3 is 2.77 bits per heavy atom. The Morgan fingerprint density at radius 1 is 1.32 bits per heavy atom. The molecule has 5 nitrogen and oxygen atoms in total. The molecule has 0 unspecified atom stereocenters. The number of rotatable bonds is 3. The summed E-state index contributed by atoms with van der Waals surface area (Å²) in [5.41, 5.74) is 1.18. The topological polar surface area (TPSA) is 58.1 Å². The first-order chi connectivity index (χ1) is 10.7. The van der Waals surface area contributed by atoms with Crippen molar-refractivity contribution in [2.75, 3.05) is 26.7 Å². The summed E-state index contributed by atoms with van der Waals surface area (Å²) in [4.78, 5) is 22.8. The number of amides is 1. The second-order valence-electron chi connectivity index (χ2n) is 5.67. The molecule has 1 aromatic heterocycles. The SMILES string of the molecule is CNCC1CCN(C(=O)c2cc(F)cc3nccnc23)CC1. The van der Waals surface area contributed by atoms with Crippen molar-refractivity contribution >= 4 is 16.9 Å². The molecule has 6 heteroatoms. The predicted molar refractivity (Wildman–Crippen MR) is 82.1 cm³/mol. The Labute approximate surface area is 128 Å². The van der Waals surface area contributed by atoms with E-state index in [-0.39, 0.29) is 5.91 Å². The first kappa shape index (κ1) is 14.8. The number of nitrogens with one attached hydrogen (secondary N) is 1. The molecule has 0 spiro atoms. The zero-order chi connectivity index (χ0) is 15.5. The number of nitrogens with zero attached hydrogens (tertiary/aromatic N) is 3. The molecule has 1 aliphatic heterocycles. The molecule has 2 heterocycles. The molecule has 1 aliphatic rings. The first-order valence-electron chi connectivity index (χ1n) is 7.53. The summed E-state index contributed by atoms with van der Waals surface area (Å²) >= 11 is 0. The lowest BCUT2D eigenvalue weighted by Gasteiger charge is -2.32. The molecule has 1 saturated heterocycles. The fourth-order valence-electron chi connectivity index (χ4n) is 3.00. The van der Waals surface area contributed by atoms with Crippen LogP contribution in [0.3, 0.4) is 0 Å². The van der Waals surface area contributed by atoms with Crippen LogP contribution in [-0.4, -0.2) is 47.5 Å². The van der Waals surface area contributed by atoms with Crippen molar-refractivity contribution < 1.29 is 9.18 Å². The number of hydrogen-bond donors (Lipinski definition) is 1. The van der Waals surface area contributed by atoms with Gasteiger partial charge in [0.05, 0.1) is 11.1 Å². The van der Waals surface area contributed by atoms with Gasteiger partial charge in [0, 0.05) is 31.5 Å². The van der Waals surface area contributed by atoms with Gasteiger partial charge < -0.3 is 10.2 Å². The van der Waals surface area contributed by atoms with E-state index in [1.54, 1.807) is 4.90 Å². The Kier molecular flexibility index (Phi) is 4.29. The second-order valence-corrected chi connectivity index (χ2v) is 5.67. The third kappa shape index (κ3) is 2.92. The number of fused-ring (bicyclic) bond motifs is 1. The van der Waals surface area contributed by atoms with Gasteiger partial charge in [0.1, 0.15) is 11.3 Å². The molecule has 22 heavy (non-hydrogen) atoms. The highest BCUT2D eigenvalue weighted by atomic mass is 19.1. The lowest BCUT2D eigenvalue weighted by atomic mass is 9.96. The fraction of sp³-hybridized carbons (Fsp3) is 0.438. The van der Waals surface area contributed by atoms with Crippen molar-refractivity contribution in [3.63, 3.8) is 0 Å². The molecule has 116 valence electrons. The van der Waals surface area contributed by atoms with Crippen molar-refractivity contribution in [2.45, 2.75) is 12.8 Å². The van der Waals surface area contributed by atoms with Crippen LogP contribution in [0, 0.1) is 11.7 Å². The van der Waals surface area contributed by atoms with E-state index in [1.165, 1.54) is 24.5 Å². The molecule has 3 rings (SSSR count). The van der Waals surface area contributed by atoms with Crippen molar-refractivity contribution in [1.29, 1.82) is 0 Å². The molecule has 0 aliphatic carbocycles. The Bertz CT molecular complexity index is 683. The summed E-state index contributed by atoms with van der Waals surface area (Å²) in [5.74, 6) is -0.0209. The molecule has 1 fully saturated rings. The fourth-order valence-corrected chi connectivity index (χ4v) is 3.00. The van der Waals surface area contributed by atoms with Gasteiger partial charge in [-0.3, -0.25) is 14.8 Å². The third-order valence-electron chi connectivity index (χ3n) is 4.16. The maximum absolute atomic E-state index is 13.7. The second kappa shape index (κ2) is 6.36. The molecule has 0 atom stereocenters. The number of halogens is 1. The molecule has 0 saturated carbocycles. The minimum Gasteiger partial charge on any atom is -0.339 e. The van der Waals surface area contributed by atoms with Gasteiger partial charge in [-0.05, 0) is 38.4 Å². The normalized spacial score (nSPS) is 16.2. The summed E-state index contributed by atoms with van der Waals surface area (Å²) in [6.07, 6.45) is 4.95. The quantitative estimate of drug-likeness (QED) is 0.940. The van der Waals surface area contributed by atoms with E-state index < -0.39 is 5.82 Å². The minimum absolute atomic E-state index is 0.159. The van der Waals surface area contributed by atoms with Gasteiger partial charge in [-0.1, -0.05) is 0 Å². The van der Waals surface area contributed by atoms with E-state index >= 15 is 0 Å². The number of benzene rings is 1. The van der Waals surface area contributed by atoms with Crippen molar-refractivity contribution in [1.82, 2.24) is 20.2 Å².